The Morgan fingerprint density at radius 3 is 2.59 bits per heavy atom. The minimum atomic E-state index is -0.905. The minimum absolute atomic E-state index is 0.0698. The number of amides is 1. The molecule has 0 spiro atoms. The predicted octanol–water partition coefficient (Wildman–Crippen LogP) is 2.43. The van der Waals surface area contributed by atoms with Crippen LogP contribution in [0.25, 0.3) is 0 Å². The van der Waals surface area contributed by atoms with Crippen molar-refractivity contribution in [2.45, 2.75) is 39.2 Å². The molecule has 1 aromatic heterocycles. The minimum Gasteiger partial charge on any atom is -0.481 e. The molecule has 17 heavy (non-hydrogen) atoms. The van der Waals surface area contributed by atoms with E-state index in [1.165, 1.54) is 11.3 Å². The highest BCUT2D eigenvalue weighted by Crippen LogP contribution is 2.19. The molecule has 1 amide bonds. The maximum absolute atomic E-state index is 12.0. The summed E-state index contributed by atoms with van der Waals surface area (Å²) in [5.41, 5.74) is 0.223. The fraction of sp³-hybridized carbons (Fsp3) is 0.500. The first-order chi connectivity index (χ1) is 7.88. The average molecular weight is 255 g/mol. The third kappa shape index (κ3) is 3.56. The number of hydrogen-bond donors (Lipinski definition) is 2. The van der Waals surface area contributed by atoms with Gasteiger partial charge in [-0.1, -0.05) is 6.92 Å². The molecule has 1 heterocycles. The van der Waals surface area contributed by atoms with Gasteiger partial charge in [0.1, 0.15) is 0 Å². The standard InChI is InChI=1S/C12H17NO3S/c1-4-12(3,7-9(14)15)13-11(16)10-8(2)5-6-17-10/h5-6H,4,7H2,1-3H3,(H,13,16)(H,14,15)/t12-/m1/s1. The van der Waals surface area contributed by atoms with Crippen molar-refractivity contribution in [3.63, 3.8) is 0 Å². The summed E-state index contributed by atoms with van der Waals surface area (Å²) in [4.78, 5) is 23.4. The molecular formula is C12H17NO3S. The van der Waals surface area contributed by atoms with Crippen LogP contribution in [0.4, 0.5) is 0 Å². The second-order valence-corrected chi connectivity index (χ2v) is 5.29. The molecule has 0 bridgehead atoms. The summed E-state index contributed by atoms with van der Waals surface area (Å²) < 4.78 is 0. The van der Waals surface area contributed by atoms with Crippen LogP contribution in [-0.4, -0.2) is 22.5 Å². The van der Waals surface area contributed by atoms with Gasteiger partial charge in [0.25, 0.3) is 5.91 Å². The first kappa shape index (κ1) is 13.7. The Morgan fingerprint density at radius 2 is 2.18 bits per heavy atom. The number of hydrogen-bond acceptors (Lipinski definition) is 3. The summed E-state index contributed by atoms with van der Waals surface area (Å²) in [5, 5.41) is 13.5. The van der Waals surface area contributed by atoms with E-state index in [1.807, 2.05) is 25.3 Å². The lowest BCUT2D eigenvalue weighted by Crippen LogP contribution is -2.46. The lowest BCUT2D eigenvalue weighted by Gasteiger charge is -2.27. The molecule has 1 rings (SSSR count). The molecule has 0 saturated heterocycles. The first-order valence-electron chi connectivity index (χ1n) is 5.46. The van der Waals surface area contributed by atoms with Crippen molar-refractivity contribution in [1.29, 1.82) is 0 Å². The van der Waals surface area contributed by atoms with Crippen LogP contribution in [0.1, 0.15) is 41.9 Å². The topological polar surface area (TPSA) is 66.4 Å². The molecule has 1 aromatic rings. The van der Waals surface area contributed by atoms with E-state index in [0.717, 1.165) is 5.56 Å². The largest absolute Gasteiger partial charge is 0.481 e. The molecule has 0 aliphatic carbocycles. The van der Waals surface area contributed by atoms with Gasteiger partial charge in [-0.05, 0) is 37.3 Å². The molecule has 0 saturated carbocycles. The van der Waals surface area contributed by atoms with Gasteiger partial charge in [-0.25, -0.2) is 0 Å². The zero-order valence-electron chi connectivity index (χ0n) is 10.2. The molecule has 0 radical (unpaired) electrons. The van der Waals surface area contributed by atoms with Gasteiger partial charge in [-0.3, -0.25) is 9.59 Å². The highest BCUT2D eigenvalue weighted by atomic mass is 32.1. The summed E-state index contributed by atoms with van der Waals surface area (Å²) >= 11 is 1.37. The summed E-state index contributed by atoms with van der Waals surface area (Å²) in [6, 6.07) is 1.88. The average Bonchev–Trinajstić information content (AvgIpc) is 2.63. The van der Waals surface area contributed by atoms with Crippen LogP contribution in [0.5, 0.6) is 0 Å². The number of aliphatic carboxylic acids is 1. The number of nitrogens with one attached hydrogen (secondary N) is 1. The smallest absolute Gasteiger partial charge is 0.305 e. The van der Waals surface area contributed by atoms with Gasteiger partial charge in [0.2, 0.25) is 0 Å². The second kappa shape index (κ2) is 5.31. The van der Waals surface area contributed by atoms with E-state index in [9.17, 15) is 9.59 Å². The summed E-state index contributed by atoms with van der Waals surface area (Å²) in [7, 11) is 0. The number of rotatable bonds is 5. The van der Waals surface area contributed by atoms with E-state index in [0.29, 0.717) is 11.3 Å². The first-order valence-corrected chi connectivity index (χ1v) is 6.34. The number of thiophene rings is 1. The highest BCUT2D eigenvalue weighted by molar-refractivity contribution is 7.12. The highest BCUT2D eigenvalue weighted by Gasteiger charge is 2.28. The van der Waals surface area contributed by atoms with Gasteiger partial charge in [-0.2, -0.15) is 0 Å². The predicted molar refractivity (Wildman–Crippen MR) is 67.5 cm³/mol. The number of carbonyl (C=O) groups is 2. The van der Waals surface area contributed by atoms with Gasteiger partial charge in [0, 0.05) is 5.54 Å². The Morgan fingerprint density at radius 1 is 1.53 bits per heavy atom. The van der Waals surface area contributed by atoms with Gasteiger partial charge < -0.3 is 10.4 Å². The van der Waals surface area contributed by atoms with E-state index in [2.05, 4.69) is 5.32 Å². The summed E-state index contributed by atoms with van der Waals surface area (Å²) in [6.45, 7) is 5.48. The van der Waals surface area contributed by atoms with E-state index >= 15 is 0 Å². The van der Waals surface area contributed by atoms with Crippen molar-refractivity contribution in [3.05, 3.63) is 21.9 Å². The van der Waals surface area contributed by atoms with Crippen LogP contribution in [-0.2, 0) is 4.79 Å². The molecule has 0 aliphatic heterocycles. The van der Waals surface area contributed by atoms with Crippen molar-refractivity contribution < 1.29 is 14.7 Å². The van der Waals surface area contributed by atoms with Gasteiger partial charge in [0.05, 0.1) is 11.3 Å². The van der Waals surface area contributed by atoms with Crippen LogP contribution in [0.3, 0.4) is 0 Å². The number of carboxylic acid groups (broad SMARTS) is 1. The Bertz CT molecular complexity index is 427. The van der Waals surface area contributed by atoms with E-state index in [-0.39, 0.29) is 12.3 Å². The Hall–Kier alpha value is -1.36. The van der Waals surface area contributed by atoms with Crippen molar-refractivity contribution in [2.24, 2.45) is 0 Å². The third-order valence-corrected chi connectivity index (χ3v) is 3.82. The third-order valence-electron chi connectivity index (χ3n) is 2.81. The van der Waals surface area contributed by atoms with Crippen molar-refractivity contribution >= 4 is 23.2 Å². The lowest BCUT2D eigenvalue weighted by atomic mass is 9.94. The van der Waals surface area contributed by atoms with Crippen LogP contribution in [0.15, 0.2) is 11.4 Å². The summed E-state index contributed by atoms with van der Waals surface area (Å²) in [6.07, 6.45) is 0.509. The maximum Gasteiger partial charge on any atom is 0.305 e. The van der Waals surface area contributed by atoms with Crippen molar-refractivity contribution in [3.8, 4) is 0 Å². The fourth-order valence-electron chi connectivity index (χ4n) is 1.53. The van der Waals surface area contributed by atoms with Gasteiger partial charge in [-0.15, -0.1) is 11.3 Å². The monoisotopic (exact) mass is 255 g/mol. The Balaban J connectivity index is 2.79. The van der Waals surface area contributed by atoms with Crippen LogP contribution in [0.2, 0.25) is 0 Å². The van der Waals surface area contributed by atoms with E-state index in [1.54, 1.807) is 6.92 Å². The van der Waals surface area contributed by atoms with Gasteiger partial charge in [0.15, 0.2) is 0 Å². The van der Waals surface area contributed by atoms with E-state index in [4.69, 9.17) is 5.11 Å². The van der Waals surface area contributed by atoms with Crippen LogP contribution < -0.4 is 5.32 Å². The molecule has 5 heteroatoms. The quantitative estimate of drug-likeness (QED) is 0.849. The SMILES string of the molecule is CC[C@](C)(CC(=O)O)NC(=O)c1sccc1C. The molecule has 4 nitrogen and oxygen atoms in total. The van der Waals surface area contributed by atoms with Crippen LogP contribution >= 0.6 is 11.3 Å². The van der Waals surface area contributed by atoms with E-state index < -0.39 is 11.5 Å². The lowest BCUT2D eigenvalue weighted by molar-refractivity contribution is -0.138. The second-order valence-electron chi connectivity index (χ2n) is 4.37. The number of aryl methyl sites for hydroxylation is 1. The molecule has 94 valence electrons. The molecule has 0 aliphatic rings. The molecular weight excluding hydrogens is 238 g/mol. The number of carbonyl (C=O) groups excluding carboxylic acids is 1. The number of carboxylic acids is 1. The molecule has 2 N–H and O–H groups in total. The zero-order valence-corrected chi connectivity index (χ0v) is 11.1. The normalized spacial score (nSPS) is 14.1. The van der Waals surface area contributed by atoms with Crippen LogP contribution in [0, 0.1) is 6.92 Å². The summed E-state index contributed by atoms with van der Waals surface area (Å²) in [5.74, 6) is -1.10. The maximum atomic E-state index is 12.0. The molecule has 0 fully saturated rings. The molecule has 0 unspecified atom stereocenters. The Kier molecular flexibility index (Phi) is 4.28. The fourth-order valence-corrected chi connectivity index (χ4v) is 2.35. The molecule has 1 atom stereocenters. The van der Waals surface area contributed by atoms with Crippen molar-refractivity contribution in [1.82, 2.24) is 5.32 Å². The Labute approximate surface area is 105 Å². The molecule has 0 aromatic carbocycles. The van der Waals surface area contributed by atoms with Gasteiger partial charge >= 0.3 is 5.97 Å². The zero-order chi connectivity index (χ0) is 13.1. The van der Waals surface area contributed by atoms with Crippen molar-refractivity contribution in [2.75, 3.05) is 0 Å².